The summed E-state index contributed by atoms with van der Waals surface area (Å²) in [6.07, 6.45) is 1.02. The van der Waals surface area contributed by atoms with Crippen molar-refractivity contribution in [3.05, 3.63) is 18.2 Å². The molecule has 0 spiro atoms. The Kier molecular flexibility index (Phi) is 6.14. The van der Waals surface area contributed by atoms with Gasteiger partial charge in [0.05, 0.1) is 12.0 Å². The van der Waals surface area contributed by atoms with Crippen LogP contribution in [0.2, 0.25) is 0 Å². The SMILES string of the molecule is CCNCCNS(=O)(=O)c1cc(S(C)(=O)=O)ccc1OC. The van der Waals surface area contributed by atoms with Crippen molar-refractivity contribution in [2.75, 3.05) is 33.0 Å². The molecule has 0 saturated carbocycles. The van der Waals surface area contributed by atoms with Gasteiger partial charge in [-0.05, 0) is 24.7 Å². The van der Waals surface area contributed by atoms with E-state index in [1.54, 1.807) is 0 Å². The molecular formula is C12H20N2O5S2. The largest absolute Gasteiger partial charge is 0.495 e. The summed E-state index contributed by atoms with van der Waals surface area (Å²) < 4.78 is 55.0. The molecule has 0 aliphatic carbocycles. The van der Waals surface area contributed by atoms with Gasteiger partial charge in [-0.3, -0.25) is 0 Å². The van der Waals surface area contributed by atoms with E-state index >= 15 is 0 Å². The highest BCUT2D eigenvalue weighted by Crippen LogP contribution is 2.26. The molecule has 7 nitrogen and oxygen atoms in total. The highest BCUT2D eigenvalue weighted by Gasteiger charge is 2.21. The van der Waals surface area contributed by atoms with E-state index in [9.17, 15) is 16.8 Å². The highest BCUT2D eigenvalue weighted by molar-refractivity contribution is 7.91. The number of rotatable bonds is 8. The third-order valence-electron chi connectivity index (χ3n) is 2.70. The van der Waals surface area contributed by atoms with Gasteiger partial charge < -0.3 is 10.1 Å². The van der Waals surface area contributed by atoms with Crippen LogP contribution in [0.5, 0.6) is 5.75 Å². The van der Waals surface area contributed by atoms with E-state index in [0.717, 1.165) is 18.9 Å². The van der Waals surface area contributed by atoms with Crippen LogP contribution in [0.3, 0.4) is 0 Å². The van der Waals surface area contributed by atoms with Gasteiger partial charge in [-0.25, -0.2) is 21.6 Å². The molecular weight excluding hydrogens is 316 g/mol. The second-order valence-electron chi connectivity index (χ2n) is 4.34. The van der Waals surface area contributed by atoms with E-state index in [2.05, 4.69) is 10.0 Å². The fourth-order valence-electron chi connectivity index (χ4n) is 1.63. The van der Waals surface area contributed by atoms with Crippen molar-refractivity contribution in [3.8, 4) is 5.75 Å². The zero-order chi connectivity index (χ0) is 16.1. The Balaban J connectivity index is 3.14. The average Bonchev–Trinajstić information content (AvgIpc) is 2.42. The fourth-order valence-corrected chi connectivity index (χ4v) is 3.57. The van der Waals surface area contributed by atoms with Crippen LogP contribution < -0.4 is 14.8 Å². The first kappa shape index (κ1) is 17.9. The quantitative estimate of drug-likeness (QED) is 0.647. The standard InChI is InChI=1S/C12H20N2O5S2/c1-4-13-7-8-14-21(17,18)12-9-10(20(3,15)16)5-6-11(12)19-2/h5-6,9,13-14H,4,7-8H2,1-3H3. The molecule has 21 heavy (non-hydrogen) atoms. The third-order valence-corrected chi connectivity index (χ3v) is 5.29. The van der Waals surface area contributed by atoms with Gasteiger partial charge in [-0.15, -0.1) is 0 Å². The predicted octanol–water partition coefficient (Wildman–Crippen LogP) is -0.0135. The lowest BCUT2D eigenvalue weighted by atomic mass is 10.3. The highest BCUT2D eigenvalue weighted by atomic mass is 32.2. The molecule has 120 valence electrons. The molecule has 9 heteroatoms. The van der Waals surface area contributed by atoms with Crippen LogP contribution in [-0.4, -0.2) is 49.8 Å². The van der Waals surface area contributed by atoms with Crippen molar-refractivity contribution in [2.45, 2.75) is 16.7 Å². The summed E-state index contributed by atoms with van der Waals surface area (Å²) in [5.41, 5.74) is 0. The van der Waals surface area contributed by atoms with Gasteiger partial charge >= 0.3 is 0 Å². The van der Waals surface area contributed by atoms with Crippen LogP contribution >= 0.6 is 0 Å². The Bertz CT molecular complexity index is 684. The number of sulfone groups is 1. The van der Waals surface area contributed by atoms with Crippen molar-refractivity contribution in [3.63, 3.8) is 0 Å². The molecule has 0 heterocycles. The number of benzene rings is 1. The third kappa shape index (κ3) is 4.95. The second kappa shape index (κ2) is 7.21. The van der Waals surface area contributed by atoms with Gasteiger partial charge in [0.25, 0.3) is 0 Å². The summed E-state index contributed by atoms with van der Waals surface area (Å²) >= 11 is 0. The lowest BCUT2D eigenvalue weighted by Crippen LogP contribution is -2.32. The first-order valence-corrected chi connectivity index (χ1v) is 9.68. The predicted molar refractivity (Wildman–Crippen MR) is 79.8 cm³/mol. The topological polar surface area (TPSA) is 102 Å². The number of likely N-dealkylation sites (N-methyl/N-ethyl adjacent to an activating group) is 1. The van der Waals surface area contributed by atoms with E-state index in [-0.39, 0.29) is 22.1 Å². The van der Waals surface area contributed by atoms with E-state index in [1.807, 2.05) is 6.92 Å². The molecule has 0 bridgehead atoms. The Morgan fingerprint density at radius 1 is 1.14 bits per heavy atom. The molecule has 1 aromatic carbocycles. The molecule has 0 amide bonds. The van der Waals surface area contributed by atoms with Gasteiger partial charge in [0.15, 0.2) is 9.84 Å². The Morgan fingerprint density at radius 2 is 1.81 bits per heavy atom. The number of hydrogen-bond donors (Lipinski definition) is 2. The van der Waals surface area contributed by atoms with E-state index in [1.165, 1.54) is 19.2 Å². The number of hydrogen-bond acceptors (Lipinski definition) is 6. The van der Waals surface area contributed by atoms with E-state index < -0.39 is 19.9 Å². The molecule has 0 unspecified atom stereocenters. The number of nitrogens with one attached hydrogen (secondary N) is 2. The molecule has 1 rings (SSSR count). The molecule has 0 aliphatic heterocycles. The molecule has 0 radical (unpaired) electrons. The van der Waals surface area contributed by atoms with Gasteiger partial charge in [0.2, 0.25) is 10.0 Å². The van der Waals surface area contributed by atoms with Crippen LogP contribution in [0.1, 0.15) is 6.92 Å². The summed E-state index contributed by atoms with van der Waals surface area (Å²) in [7, 11) is -6.02. The van der Waals surface area contributed by atoms with Crippen molar-refractivity contribution in [2.24, 2.45) is 0 Å². The second-order valence-corrected chi connectivity index (χ2v) is 8.09. The summed E-state index contributed by atoms with van der Waals surface area (Å²) in [6, 6.07) is 3.74. The van der Waals surface area contributed by atoms with Crippen molar-refractivity contribution >= 4 is 19.9 Å². The molecule has 0 aromatic heterocycles. The lowest BCUT2D eigenvalue weighted by molar-refractivity contribution is 0.401. The molecule has 0 aliphatic rings. The molecule has 2 N–H and O–H groups in total. The maximum Gasteiger partial charge on any atom is 0.244 e. The minimum atomic E-state index is -3.85. The monoisotopic (exact) mass is 336 g/mol. The summed E-state index contributed by atoms with van der Waals surface area (Å²) in [5.74, 6) is 0.0957. The van der Waals surface area contributed by atoms with Crippen LogP contribution in [0, 0.1) is 0 Å². The Hall–Kier alpha value is -1.16. The molecule has 1 aromatic rings. The first-order chi connectivity index (χ1) is 9.72. The maximum absolute atomic E-state index is 12.2. The minimum absolute atomic E-state index is 0.0737. The zero-order valence-corrected chi connectivity index (χ0v) is 13.8. The van der Waals surface area contributed by atoms with Crippen LogP contribution in [0.25, 0.3) is 0 Å². The van der Waals surface area contributed by atoms with Crippen molar-refractivity contribution < 1.29 is 21.6 Å². The van der Waals surface area contributed by atoms with Gasteiger partial charge in [-0.1, -0.05) is 6.92 Å². The van der Waals surface area contributed by atoms with Gasteiger partial charge in [0.1, 0.15) is 10.6 Å². The summed E-state index contributed by atoms with van der Waals surface area (Å²) in [5, 5.41) is 2.98. The number of sulfonamides is 1. The Morgan fingerprint density at radius 3 is 2.33 bits per heavy atom. The number of methoxy groups -OCH3 is 1. The first-order valence-electron chi connectivity index (χ1n) is 6.31. The smallest absolute Gasteiger partial charge is 0.244 e. The molecule has 0 atom stereocenters. The van der Waals surface area contributed by atoms with Gasteiger partial charge in [-0.2, -0.15) is 0 Å². The van der Waals surface area contributed by atoms with Crippen LogP contribution in [0.15, 0.2) is 28.0 Å². The fraction of sp³-hybridized carbons (Fsp3) is 0.500. The summed E-state index contributed by atoms with van der Waals surface area (Å²) in [4.78, 5) is -0.264. The normalized spacial score (nSPS) is 12.3. The van der Waals surface area contributed by atoms with Crippen LogP contribution in [-0.2, 0) is 19.9 Å². The van der Waals surface area contributed by atoms with Gasteiger partial charge in [0, 0.05) is 19.3 Å². The Labute approximate surface area is 125 Å². The molecule has 0 saturated heterocycles. The maximum atomic E-state index is 12.2. The molecule has 0 fully saturated rings. The van der Waals surface area contributed by atoms with E-state index in [4.69, 9.17) is 4.74 Å². The minimum Gasteiger partial charge on any atom is -0.495 e. The van der Waals surface area contributed by atoms with Crippen LogP contribution in [0.4, 0.5) is 0 Å². The average molecular weight is 336 g/mol. The van der Waals surface area contributed by atoms with Crippen molar-refractivity contribution in [1.82, 2.24) is 10.0 Å². The van der Waals surface area contributed by atoms with Crippen molar-refractivity contribution in [1.29, 1.82) is 0 Å². The number of ether oxygens (including phenoxy) is 1. The zero-order valence-electron chi connectivity index (χ0n) is 12.2. The summed E-state index contributed by atoms with van der Waals surface area (Å²) in [6.45, 7) is 3.31. The van der Waals surface area contributed by atoms with E-state index in [0.29, 0.717) is 6.54 Å². The lowest BCUT2D eigenvalue weighted by Gasteiger charge is -2.12.